The normalized spacial score (nSPS) is 20.0. The number of halogens is 1. The van der Waals surface area contributed by atoms with Crippen molar-refractivity contribution < 1.29 is 9.18 Å². The maximum absolute atomic E-state index is 13.5. The first-order chi connectivity index (χ1) is 8.56. The van der Waals surface area contributed by atoms with E-state index in [0.29, 0.717) is 18.2 Å². The van der Waals surface area contributed by atoms with Gasteiger partial charge in [-0.15, -0.1) is 0 Å². The van der Waals surface area contributed by atoms with E-state index in [-0.39, 0.29) is 5.56 Å². The Morgan fingerprint density at radius 2 is 2.39 bits per heavy atom. The summed E-state index contributed by atoms with van der Waals surface area (Å²) in [5.41, 5.74) is 5.95. The lowest BCUT2D eigenvalue weighted by Gasteiger charge is -2.12. The minimum Gasteiger partial charge on any atom is -0.399 e. The van der Waals surface area contributed by atoms with Crippen LogP contribution in [-0.4, -0.2) is 37.5 Å². The van der Waals surface area contributed by atoms with Crippen LogP contribution < -0.4 is 11.1 Å². The molecule has 1 aliphatic rings. The second kappa shape index (κ2) is 5.35. The summed E-state index contributed by atoms with van der Waals surface area (Å²) in [6.45, 7) is 2.60. The fraction of sp³-hybridized carbons (Fsp3) is 0.462. The maximum Gasteiger partial charge on any atom is 0.254 e. The number of amides is 1. The molecular weight excluding hydrogens is 233 g/mol. The van der Waals surface area contributed by atoms with Crippen LogP contribution in [0.25, 0.3) is 0 Å². The molecule has 0 bridgehead atoms. The molecule has 1 saturated heterocycles. The van der Waals surface area contributed by atoms with Gasteiger partial charge in [0.1, 0.15) is 5.82 Å². The van der Waals surface area contributed by atoms with Crippen molar-refractivity contribution in [3.05, 3.63) is 29.6 Å². The standard InChI is InChI=1S/C13H18FN3O/c1-17-5-4-9(8-17)7-16-13(18)11-6-10(15)2-3-12(11)14/h2-3,6,9H,4-5,7-8,15H2,1H3,(H,16,18). The fourth-order valence-electron chi connectivity index (χ4n) is 2.24. The zero-order valence-corrected chi connectivity index (χ0v) is 10.4. The van der Waals surface area contributed by atoms with Crippen molar-refractivity contribution in [2.75, 3.05) is 32.4 Å². The van der Waals surface area contributed by atoms with Crippen LogP contribution in [0.3, 0.4) is 0 Å². The van der Waals surface area contributed by atoms with E-state index in [1.807, 2.05) is 0 Å². The van der Waals surface area contributed by atoms with E-state index in [1.165, 1.54) is 18.2 Å². The van der Waals surface area contributed by atoms with Gasteiger partial charge in [-0.2, -0.15) is 0 Å². The van der Waals surface area contributed by atoms with Crippen molar-refractivity contribution in [1.29, 1.82) is 0 Å². The quantitative estimate of drug-likeness (QED) is 0.791. The Labute approximate surface area is 106 Å². The summed E-state index contributed by atoms with van der Waals surface area (Å²) in [6.07, 6.45) is 1.07. The SMILES string of the molecule is CN1CCC(CNC(=O)c2cc(N)ccc2F)C1. The Morgan fingerprint density at radius 3 is 3.06 bits per heavy atom. The molecule has 1 aliphatic heterocycles. The molecule has 0 aromatic heterocycles. The van der Waals surface area contributed by atoms with Crippen molar-refractivity contribution in [3.8, 4) is 0 Å². The smallest absolute Gasteiger partial charge is 0.254 e. The number of carbonyl (C=O) groups is 1. The molecule has 1 atom stereocenters. The maximum atomic E-state index is 13.5. The van der Waals surface area contributed by atoms with Crippen molar-refractivity contribution in [1.82, 2.24) is 10.2 Å². The summed E-state index contributed by atoms with van der Waals surface area (Å²) in [6, 6.07) is 4.02. The largest absolute Gasteiger partial charge is 0.399 e. The van der Waals surface area contributed by atoms with Gasteiger partial charge in [0.25, 0.3) is 5.91 Å². The number of nitrogens with two attached hydrogens (primary N) is 1. The molecule has 2 rings (SSSR count). The predicted molar refractivity (Wildman–Crippen MR) is 68.7 cm³/mol. The second-order valence-corrected chi connectivity index (χ2v) is 4.87. The third-order valence-corrected chi connectivity index (χ3v) is 3.28. The van der Waals surface area contributed by atoms with E-state index in [2.05, 4.69) is 17.3 Å². The lowest BCUT2D eigenvalue weighted by molar-refractivity contribution is 0.0943. The number of hydrogen-bond acceptors (Lipinski definition) is 3. The van der Waals surface area contributed by atoms with E-state index in [4.69, 9.17) is 5.73 Å². The first kappa shape index (κ1) is 12.8. The van der Waals surface area contributed by atoms with Gasteiger partial charge in [-0.25, -0.2) is 4.39 Å². The highest BCUT2D eigenvalue weighted by Gasteiger charge is 2.20. The van der Waals surface area contributed by atoms with Crippen LogP contribution in [0.1, 0.15) is 16.8 Å². The van der Waals surface area contributed by atoms with Crippen LogP contribution in [0.5, 0.6) is 0 Å². The van der Waals surface area contributed by atoms with Gasteiger partial charge in [-0.3, -0.25) is 4.79 Å². The highest BCUT2D eigenvalue weighted by Crippen LogP contribution is 2.14. The minimum absolute atomic E-state index is 0.0151. The Kier molecular flexibility index (Phi) is 3.81. The molecule has 1 heterocycles. The number of nitrogens with zero attached hydrogens (tertiary/aromatic N) is 1. The average Bonchev–Trinajstić information content (AvgIpc) is 2.75. The number of benzene rings is 1. The van der Waals surface area contributed by atoms with E-state index >= 15 is 0 Å². The van der Waals surface area contributed by atoms with Crippen LogP contribution in [-0.2, 0) is 0 Å². The molecule has 0 spiro atoms. The van der Waals surface area contributed by atoms with Gasteiger partial charge in [-0.05, 0) is 44.1 Å². The fourth-order valence-corrected chi connectivity index (χ4v) is 2.24. The monoisotopic (exact) mass is 251 g/mol. The number of nitrogen functional groups attached to an aromatic ring is 1. The summed E-state index contributed by atoms with van der Waals surface area (Å²) in [5.74, 6) is -0.484. The van der Waals surface area contributed by atoms with Crippen molar-refractivity contribution in [3.63, 3.8) is 0 Å². The van der Waals surface area contributed by atoms with Gasteiger partial charge < -0.3 is 16.0 Å². The van der Waals surface area contributed by atoms with E-state index in [9.17, 15) is 9.18 Å². The molecule has 0 saturated carbocycles. The van der Waals surface area contributed by atoms with E-state index < -0.39 is 11.7 Å². The minimum atomic E-state index is -0.537. The number of likely N-dealkylation sites (tertiary alicyclic amines) is 1. The molecule has 1 aromatic rings. The molecule has 18 heavy (non-hydrogen) atoms. The van der Waals surface area contributed by atoms with Crippen LogP contribution in [0.2, 0.25) is 0 Å². The van der Waals surface area contributed by atoms with Crippen LogP contribution >= 0.6 is 0 Å². The summed E-state index contributed by atoms with van der Waals surface area (Å²) < 4.78 is 13.5. The van der Waals surface area contributed by atoms with Crippen molar-refractivity contribution in [2.24, 2.45) is 5.92 Å². The number of carbonyl (C=O) groups excluding carboxylic acids is 1. The number of nitrogens with one attached hydrogen (secondary N) is 1. The van der Waals surface area contributed by atoms with Gasteiger partial charge in [0, 0.05) is 18.8 Å². The topological polar surface area (TPSA) is 58.4 Å². The number of rotatable bonds is 3. The molecule has 1 amide bonds. The molecule has 1 fully saturated rings. The second-order valence-electron chi connectivity index (χ2n) is 4.87. The molecule has 1 unspecified atom stereocenters. The van der Waals surface area contributed by atoms with Crippen LogP contribution in [0.4, 0.5) is 10.1 Å². The Bertz CT molecular complexity index is 450. The zero-order chi connectivity index (χ0) is 13.1. The highest BCUT2D eigenvalue weighted by molar-refractivity contribution is 5.95. The van der Waals surface area contributed by atoms with Gasteiger partial charge in [0.05, 0.1) is 5.56 Å². The molecule has 0 aliphatic carbocycles. The Morgan fingerprint density at radius 1 is 1.61 bits per heavy atom. The highest BCUT2D eigenvalue weighted by atomic mass is 19.1. The van der Waals surface area contributed by atoms with Gasteiger partial charge in [0.2, 0.25) is 0 Å². The van der Waals surface area contributed by atoms with Gasteiger partial charge in [0.15, 0.2) is 0 Å². The summed E-state index contributed by atoms with van der Waals surface area (Å²) in [5, 5.41) is 2.77. The van der Waals surface area contributed by atoms with Gasteiger partial charge in [-0.1, -0.05) is 0 Å². The molecule has 3 N–H and O–H groups in total. The molecule has 1 aromatic carbocycles. The molecule has 98 valence electrons. The van der Waals surface area contributed by atoms with E-state index in [0.717, 1.165) is 19.5 Å². The van der Waals surface area contributed by atoms with Crippen molar-refractivity contribution in [2.45, 2.75) is 6.42 Å². The van der Waals surface area contributed by atoms with Crippen molar-refractivity contribution >= 4 is 11.6 Å². The predicted octanol–water partition coefficient (Wildman–Crippen LogP) is 1.09. The number of hydrogen-bond donors (Lipinski definition) is 2. The third-order valence-electron chi connectivity index (χ3n) is 3.28. The molecule has 4 nitrogen and oxygen atoms in total. The lowest BCUT2D eigenvalue weighted by Crippen LogP contribution is -2.31. The summed E-state index contributed by atoms with van der Waals surface area (Å²) in [7, 11) is 2.05. The lowest BCUT2D eigenvalue weighted by atomic mass is 10.1. The summed E-state index contributed by atoms with van der Waals surface area (Å²) in [4.78, 5) is 14.1. The number of anilines is 1. The molecule has 5 heteroatoms. The molecular formula is C13H18FN3O. The summed E-state index contributed by atoms with van der Waals surface area (Å²) >= 11 is 0. The first-order valence-electron chi connectivity index (χ1n) is 6.08. The van der Waals surface area contributed by atoms with Crippen LogP contribution in [0, 0.1) is 11.7 Å². The van der Waals surface area contributed by atoms with Crippen LogP contribution in [0.15, 0.2) is 18.2 Å². The third kappa shape index (κ3) is 2.98. The molecule has 0 radical (unpaired) electrons. The van der Waals surface area contributed by atoms with E-state index in [1.54, 1.807) is 0 Å². The zero-order valence-electron chi connectivity index (χ0n) is 10.4. The van der Waals surface area contributed by atoms with Gasteiger partial charge >= 0.3 is 0 Å². The Hall–Kier alpha value is -1.62. The first-order valence-corrected chi connectivity index (χ1v) is 6.08. The Balaban J connectivity index is 1.93. The average molecular weight is 251 g/mol.